The van der Waals surface area contributed by atoms with Crippen LogP contribution in [-0.4, -0.2) is 43.2 Å². The zero-order valence-electron chi connectivity index (χ0n) is 9.35. The van der Waals surface area contributed by atoms with E-state index in [1.54, 1.807) is 21.0 Å². The van der Waals surface area contributed by atoms with Gasteiger partial charge in [-0.3, -0.25) is 4.79 Å². The highest BCUT2D eigenvalue weighted by Crippen LogP contribution is 2.21. The molecule has 3 nitrogen and oxygen atoms in total. The van der Waals surface area contributed by atoms with E-state index in [-0.39, 0.29) is 5.91 Å². The van der Waals surface area contributed by atoms with E-state index in [2.05, 4.69) is 5.32 Å². The summed E-state index contributed by atoms with van der Waals surface area (Å²) in [5.41, 5.74) is 0. The van der Waals surface area contributed by atoms with Crippen molar-refractivity contribution in [1.82, 2.24) is 10.2 Å². The number of alkyl halides is 3. The van der Waals surface area contributed by atoms with Gasteiger partial charge in [0.1, 0.15) is 0 Å². The molecule has 6 heteroatoms. The first-order valence-corrected chi connectivity index (χ1v) is 4.67. The van der Waals surface area contributed by atoms with Crippen LogP contribution in [-0.2, 0) is 4.79 Å². The summed E-state index contributed by atoms with van der Waals surface area (Å²) in [6, 6.07) is -1.36. The van der Waals surface area contributed by atoms with E-state index in [1.807, 2.05) is 0 Å². The number of nitrogens with zero attached hydrogens (tertiary/aromatic N) is 1. The van der Waals surface area contributed by atoms with Crippen LogP contribution in [0.5, 0.6) is 0 Å². The number of hydrogen-bond donors (Lipinski definition) is 1. The molecule has 0 aromatic carbocycles. The monoisotopic (exact) mass is 226 g/mol. The van der Waals surface area contributed by atoms with Gasteiger partial charge in [-0.25, -0.2) is 0 Å². The molecule has 0 saturated heterocycles. The fourth-order valence-electron chi connectivity index (χ4n) is 1.29. The Morgan fingerprint density at radius 1 is 1.33 bits per heavy atom. The van der Waals surface area contributed by atoms with Crippen molar-refractivity contribution in [1.29, 1.82) is 0 Å². The molecular weight excluding hydrogens is 209 g/mol. The third-order valence-electron chi connectivity index (χ3n) is 1.88. The molecule has 1 N–H and O–H groups in total. The van der Waals surface area contributed by atoms with Gasteiger partial charge in [0.25, 0.3) is 0 Å². The van der Waals surface area contributed by atoms with Gasteiger partial charge in [0.2, 0.25) is 5.91 Å². The molecule has 0 rings (SSSR count). The summed E-state index contributed by atoms with van der Waals surface area (Å²) < 4.78 is 35.9. The summed E-state index contributed by atoms with van der Waals surface area (Å²) in [7, 11) is 3.13. The van der Waals surface area contributed by atoms with Gasteiger partial charge in [-0.1, -0.05) is 0 Å². The number of likely N-dealkylation sites (N-methyl/N-ethyl adjacent to an activating group) is 1. The fourth-order valence-corrected chi connectivity index (χ4v) is 1.29. The first-order chi connectivity index (χ1) is 6.63. The second-order valence-electron chi connectivity index (χ2n) is 3.84. The molecular formula is C9H17F3N2O. The van der Waals surface area contributed by atoms with Crippen molar-refractivity contribution >= 4 is 5.91 Å². The third-order valence-corrected chi connectivity index (χ3v) is 1.88. The van der Waals surface area contributed by atoms with Crippen molar-refractivity contribution in [3.8, 4) is 0 Å². The second-order valence-corrected chi connectivity index (χ2v) is 3.84. The van der Waals surface area contributed by atoms with E-state index in [1.165, 1.54) is 11.8 Å². The molecule has 1 unspecified atom stereocenters. The van der Waals surface area contributed by atoms with E-state index in [0.29, 0.717) is 0 Å². The van der Waals surface area contributed by atoms with Gasteiger partial charge < -0.3 is 10.2 Å². The van der Waals surface area contributed by atoms with Gasteiger partial charge in [-0.15, -0.1) is 0 Å². The predicted octanol–water partition coefficient (Wildman–Crippen LogP) is 1.39. The summed E-state index contributed by atoms with van der Waals surface area (Å²) >= 11 is 0. The van der Waals surface area contributed by atoms with Gasteiger partial charge in [-0.05, 0) is 13.8 Å². The van der Waals surface area contributed by atoms with Crippen LogP contribution in [0.3, 0.4) is 0 Å². The summed E-state index contributed by atoms with van der Waals surface area (Å²) in [6.45, 7) is 2.96. The summed E-state index contributed by atoms with van der Waals surface area (Å²) in [4.78, 5) is 12.7. The molecule has 0 aliphatic rings. The molecule has 0 aromatic rings. The average molecular weight is 226 g/mol. The van der Waals surface area contributed by atoms with Crippen molar-refractivity contribution in [3.63, 3.8) is 0 Å². The first kappa shape index (κ1) is 14.2. The minimum atomic E-state index is -4.20. The minimum Gasteiger partial charge on any atom is -0.347 e. The Hall–Kier alpha value is -0.780. The van der Waals surface area contributed by atoms with Gasteiger partial charge in [-0.2, -0.15) is 13.2 Å². The zero-order valence-corrected chi connectivity index (χ0v) is 9.35. The lowest BCUT2D eigenvalue weighted by molar-refractivity contribution is -0.142. The number of amides is 1. The zero-order chi connectivity index (χ0) is 12.2. The molecule has 1 amide bonds. The number of hydrogen-bond acceptors (Lipinski definition) is 2. The maximum atomic E-state index is 12.0. The largest absolute Gasteiger partial charge is 0.390 e. The maximum Gasteiger partial charge on any atom is 0.390 e. The van der Waals surface area contributed by atoms with Gasteiger partial charge in [0.15, 0.2) is 0 Å². The molecule has 2 atom stereocenters. The van der Waals surface area contributed by atoms with Crippen LogP contribution in [0.15, 0.2) is 0 Å². The molecule has 0 radical (unpaired) electrons. The van der Waals surface area contributed by atoms with E-state index >= 15 is 0 Å². The molecule has 0 saturated carbocycles. The Morgan fingerprint density at radius 3 is 2.13 bits per heavy atom. The van der Waals surface area contributed by atoms with E-state index in [4.69, 9.17) is 0 Å². The van der Waals surface area contributed by atoms with Crippen LogP contribution >= 0.6 is 0 Å². The van der Waals surface area contributed by atoms with E-state index in [9.17, 15) is 18.0 Å². The Labute approximate surface area is 87.6 Å². The van der Waals surface area contributed by atoms with Crippen LogP contribution in [0.2, 0.25) is 0 Å². The van der Waals surface area contributed by atoms with E-state index in [0.717, 1.165) is 0 Å². The summed E-state index contributed by atoms with van der Waals surface area (Å²) in [5, 5.41) is 2.61. The van der Waals surface area contributed by atoms with Gasteiger partial charge in [0, 0.05) is 20.1 Å². The van der Waals surface area contributed by atoms with Crippen LogP contribution in [0.25, 0.3) is 0 Å². The molecule has 90 valence electrons. The molecule has 15 heavy (non-hydrogen) atoms. The molecule has 0 aromatic heterocycles. The van der Waals surface area contributed by atoms with Crippen LogP contribution in [0, 0.1) is 0 Å². The Morgan fingerprint density at radius 2 is 1.80 bits per heavy atom. The third kappa shape index (κ3) is 6.33. The highest BCUT2D eigenvalue weighted by molar-refractivity contribution is 5.80. The fraction of sp³-hybridized carbons (Fsp3) is 0.889. The molecule has 0 aliphatic heterocycles. The highest BCUT2D eigenvalue weighted by atomic mass is 19.4. The topological polar surface area (TPSA) is 32.3 Å². The first-order valence-electron chi connectivity index (χ1n) is 4.67. The Balaban J connectivity index is 4.07. The van der Waals surface area contributed by atoms with Gasteiger partial charge >= 0.3 is 6.18 Å². The van der Waals surface area contributed by atoms with Crippen molar-refractivity contribution in [3.05, 3.63) is 0 Å². The quantitative estimate of drug-likeness (QED) is 0.785. The smallest absolute Gasteiger partial charge is 0.347 e. The highest BCUT2D eigenvalue weighted by Gasteiger charge is 2.31. The normalized spacial score (nSPS) is 15.9. The number of rotatable bonds is 4. The molecule has 0 spiro atoms. The van der Waals surface area contributed by atoms with Crippen molar-refractivity contribution < 1.29 is 18.0 Å². The standard InChI is InChI=1S/C9H17F3N2O/c1-6(5-9(10,11)12)13-7(2)8(15)14(3)4/h6-7,13H,5H2,1-4H3/t6?,7-/m1/s1. The van der Waals surface area contributed by atoms with Gasteiger partial charge in [0.05, 0.1) is 12.5 Å². The molecule has 0 heterocycles. The molecule has 0 fully saturated rings. The van der Waals surface area contributed by atoms with Crippen molar-refractivity contribution in [2.24, 2.45) is 0 Å². The van der Waals surface area contributed by atoms with Crippen molar-refractivity contribution in [2.75, 3.05) is 14.1 Å². The van der Waals surface area contributed by atoms with Crippen LogP contribution in [0.1, 0.15) is 20.3 Å². The average Bonchev–Trinajstić information content (AvgIpc) is 1.98. The lowest BCUT2D eigenvalue weighted by Gasteiger charge is -2.22. The molecule has 0 bridgehead atoms. The van der Waals surface area contributed by atoms with Crippen LogP contribution < -0.4 is 5.32 Å². The number of nitrogens with one attached hydrogen (secondary N) is 1. The Kier molecular flexibility index (Phi) is 5.07. The lowest BCUT2D eigenvalue weighted by Crippen LogP contribution is -2.46. The molecule has 0 aliphatic carbocycles. The minimum absolute atomic E-state index is 0.232. The number of carbonyl (C=O) groups excluding carboxylic acids is 1. The second kappa shape index (κ2) is 5.34. The number of carbonyl (C=O) groups is 1. The summed E-state index contributed by atoms with van der Waals surface area (Å²) in [5.74, 6) is -0.232. The van der Waals surface area contributed by atoms with Crippen molar-refractivity contribution in [2.45, 2.75) is 38.5 Å². The lowest BCUT2D eigenvalue weighted by atomic mass is 10.2. The maximum absolute atomic E-state index is 12.0. The summed E-state index contributed by atoms with van der Waals surface area (Å²) in [6.07, 6.45) is -5.13. The van der Waals surface area contributed by atoms with E-state index < -0.39 is 24.7 Å². The van der Waals surface area contributed by atoms with Crippen LogP contribution in [0.4, 0.5) is 13.2 Å². The predicted molar refractivity (Wildman–Crippen MR) is 51.4 cm³/mol. The Bertz CT molecular complexity index is 216. The SMILES string of the molecule is CC(CC(F)(F)F)N[C@H](C)C(=O)N(C)C. The number of halogens is 3.